The molecule has 1 aromatic heterocycles. The van der Waals surface area contributed by atoms with E-state index in [0.29, 0.717) is 23.6 Å². The Bertz CT molecular complexity index is 548. The fourth-order valence-corrected chi connectivity index (χ4v) is 2.88. The summed E-state index contributed by atoms with van der Waals surface area (Å²) in [5.41, 5.74) is -0.448. The molecule has 0 N–H and O–H groups in total. The van der Waals surface area contributed by atoms with Gasteiger partial charge >= 0.3 is 6.09 Å². The van der Waals surface area contributed by atoms with E-state index in [2.05, 4.69) is 9.97 Å². The lowest BCUT2D eigenvalue weighted by Crippen LogP contribution is -2.42. The fourth-order valence-electron chi connectivity index (χ4n) is 2.74. The lowest BCUT2D eigenvalue weighted by molar-refractivity contribution is 0.0159. The molecule has 0 aliphatic carbocycles. The van der Waals surface area contributed by atoms with Crippen molar-refractivity contribution in [1.82, 2.24) is 14.9 Å². The van der Waals surface area contributed by atoms with Crippen LogP contribution in [0.2, 0.25) is 5.15 Å². The number of piperidine rings is 1. The van der Waals surface area contributed by atoms with E-state index in [9.17, 15) is 4.79 Å². The van der Waals surface area contributed by atoms with E-state index in [1.54, 1.807) is 6.07 Å². The molecule has 1 unspecified atom stereocenters. The summed E-state index contributed by atoms with van der Waals surface area (Å²) in [6.45, 7) is 7.79. The Kier molecular flexibility index (Phi) is 6.66. The van der Waals surface area contributed by atoms with Gasteiger partial charge in [0.1, 0.15) is 17.1 Å². The highest BCUT2D eigenvalue weighted by Crippen LogP contribution is 2.23. The van der Waals surface area contributed by atoms with Gasteiger partial charge in [0.25, 0.3) is 0 Å². The number of aromatic nitrogens is 2. The molecule has 24 heavy (non-hydrogen) atoms. The molecule has 1 aliphatic rings. The van der Waals surface area contributed by atoms with Crippen molar-refractivity contribution in [2.45, 2.75) is 52.1 Å². The monoisotopic (exact) mass is 355 g/mol. The molecular formula is C17H26ClN3O3. The topological polar surface area (TPSA) is 64.5 Å². The number of hydrogen-bond donors (Lipinski definition) is 0. The van der Waals surface area contributed by atoms with Crippen LogP contribution in [-0.2, 0) is 4.74 Å². The van der Waals surface area contributed by atoms with Gasteiger partial charge in [-0.15, -0.1) is 0 Å². The predicted octanol–water partition coefficient (Wildman–Crippen LogP) is 3.94. The number of rotatable bonds is 5. The van der Waals surface area contributed by atoms with Crippen molar-refractivity contribution in [3.05, 3.63) is 17.5 Å². The minimum atomic E-state index is -0.448. The summed E-state index contributed by atoms with van der Waals surface area (Å²) in [5, 5.41) is 0.375. The van der Waals surface area contributed by atoms with Gasteiger partial charge in [0, 0.05) is 19.2 Å². The van der Waals surface area contributed by atoms with E-state index in [4.69, 9.17) is 21.1 Å². The number of hydrogen-bond acceptors (Lipinski definition) is 5. The summed E-state index contributed by atoms with van der Waals surface area (Å²) < 4.78 is 11.0. The molecule has 0 bridgehead atoms. The molecule has 1 saturated heterocycles. The zero-order valence-electron chi connectivity index (χ0n) is 14.6. The minimum Gasteiger partial charge on any atom is -0.478 e. The Morgan fingerprint density at radius 1 is 1.42 bits per heavy atom. The molecule has 2 rings (SSSR count). The van der Waals surface area contributed by atoms with Crippen LogP contribution in [0.4, 0.5) is 4.79 Å². The van der Waals surface area contributed by atoms with Crippen molar-refractivity contribution in [2.75, 3.05) is 19.7 Å². The highest BCUT2D eigenvalue weighted by atomic mass is 35.5. The van der Waals surface area contributed by atoms with Crippen LogP contribution in [0, 0.1) is 5.92 Å². The number of halogens is 1. The second kappa shape index (κ2) is 8.51. The van der Waals surface area contributed by atoms with E-state index in [0.717, 1.165) is 38.8 Å². The van der Waals surface area contributed by atoms with Crippen LogP contribution in [0.25, 0.3) is 0 Å². The summed E-state index contributed by atoms with van der Waals surface area (Å²) >= 11 is 5.79. The first-order chi connectivity index (χ1) is 11.3. The van der Waals surface area contributed by atoms with Crippen LogP contribution in [0.5, 0.6) is 5.88 Å². The van der Waals surface area contributed by atoms with Crippen LogP contribution in [-0.4, -0.2) is 46.3 Å². The third-order valence-corrected chi connectivity index (χ3v) is 3.99. The van der Waals surface area contributed by atoms with E-state index in [1.165, 1.54) is 6.33 Å². The van der Waals surface area contributed by atoms with Gasteiger partial charge in [0.15, 0.2) is 0 Å². The summed E-state index contributed by atoms with van der Waals surface area (Å²) in [5.74, 6) is 0.984. The molecule has 7 heteroatoms. The number of likely N-dealkylation sites (tertiary alicyclic amines) is 1. The van der Waals surface area contributed by atoms with Crippen molar-refractivity contribution in [1.29, 1.82) is 0 Å². The number of ether oxygens (including phenoxy) is 2. The summed E-state index contributed by atoms with van der Waals surface area (Å²) in [4.78, 5) is 21.8. The zero-order chi connectivity index (χ0) is 17.6. The molecule has 2 heterocycles. The average Bonchev–Trinajstić information content (AvgIpc) is 2.50. The van der Waals surface area contributed by atoms with Crippen molar-refractivity contribution < 1.29 is 14.3 Å². The highest BCUT2D eigenvalue weighted by Gasteiger charge is 2.27. The minimum absolute atomic E-state index is 0.209. The third kappa shape index (κ3) is 6.51. The number of carbonyl (C=O) groups is 1. The van der Waals surface area contributed by atoms with Gasteiger partial charge in [-0.2, -0.15) is 0 Å². The summed E-state index contributed by atoms with van der Waals surface area (Å²) in [7, 11) is 0. The first-order valence-corrected chi connectivity index (χ1v) is 8.79. The largest absolute Gasteiger partial charge is 0.478 e. The molecule has 134 valence electrons. The maximum absolute atomic E-state index is 12.2. The van der Waals surface area contributed by atoms with Crippen molar-refractivity contribution >= 4 is 17.7 Å². The Balaban J connectivity index is 1.70. The standard InChI is InChI=1S/C17H26ClN3O3/c1-17(2,3)24-16(22)21-8-4-6-13(11-21)7-5-9-23-15-10-14(18)19-12-20-15/h10,12-13H,4-9,11H2,1-3H3. The molecule has 6 nitrogen and oxygen atoms in total. The van der Waals surface area contributed by atoms with Gasteiger partial charge in [-0.05, 0) is 52.4 Å². The second-order valence-electron chi connectivity index (χ2n) is 7.10. The molecule has 1 fully saturated rings. The molecule has 0 saturated carbocycles. The van der Waals surface area contributed by atoms with Gasteiger partial charge in [-0.1, -0.05) is 11.6 Å². The van der Waals surface area contributed by atoms with E-state index in [1.807, 2.05) is 25.7 Å². The normalized spacial score (nSPS) is 18.3. The van der Waals surface area contributed by atoms with Gasteiger partial charge in [0.05, 0.1) is 6.61 Å². The zero-order valence-corrected chi connectivity index (χ0v) is 15.4. The predicted molar refractivity (Wildman–Crippen MR) is 92.3 cm³/mol. The van der Waals surface area contributed by atoms with Crippen LogP contribution in [0.15, 0.2) is 12.4 Å². The molecule has 1 aromatic rings. The first kappa shape index (κ1) is 18.8. The third-order valence-electron chi connectivity index (χ3n) is 3.79. The maximum atomic E-state index is 12.2. The molecule has 1 aliphatic heterocycles. The maximum Gasteiger partial charge on any atom is 0.410 e. The summed E-state index contributed by atoms with van der Waals surface area (Å²) in [6, 6.07) is 1.60. The number of carbonyl (C=O) groups excluding carboxylic acids is 1. The highest BCUT2D eigenvalue weighted by molar-refractivity contribution is 6.29. The SMILES string of the molecule is CC(C)(C)OC(=O)N1CCCC(CCCOc2cc(Cl)ncn2)C1. The number of amides is 1. The Hall–Kier alpha value is -1.56. The average molecular weight is 356 g/mol. The lowest BCUT2D eigenvalue weighted by atomic mass is 9.94. The molecule has 0 spiro atoms. The van der Waals surface area contributed by atoms with Crippen LogP contribution < -0.4 is 4.74 Å². The van der Waals surface area contributed by atoms with Gasteiger partial charge in [-0.25, -0.2) is 14.8 Å². The van der Waals surface area contributed by atoms with E-state index < -0.39 is 5.60 Å². The van der Waals surface area contributed by atoms with Crippen molar-refractivity contribution in [2.24, 2.45) is 5.92 Å². The van der Waals surface area contributed by atoms with Crippen molar-refractivity contribution in [3.8, 4) is 5.88 Å². The summed E-state index contributed by atoms with van der Waals surface area (Å²) in [6.07, 6.45) is 5.26. The Morgan fingerprint density at radius 3 is 2.92 bits per heavy atom. The van der Waals surface area contributed by atoms with Crippen LogP contribution in [0.3, 0.4) is 0 Å². The molecule has 0 radical (unpaired) electrons. The quantitative estimate of drug-likeness (QED) is 0.591. The van der Waals surface area contributed by atoms with E-state index >= 15 is 0 Å². The molecule has 1 atom stereocenters. The lowest BCUT2D eigenvalue weighted by Gasteiger charge is -2.34. The van der Waals surface area contributed by atoms with Crippen LogP contribution >= 0.6 is 11.6 Å². The smallest absolute Gasteiger partial charge is 0.410 e. The molecule has 1 amide bonds. The van der Waals surface area contributed by atoms with Crippen molar-refractivity contribution in [3.63, 3.8) is 0 Å². The van der Waals surface area contributed by atoms with Gasteiger partial charge < -0.3 is 14.4 Å². The van der Waals surface area contributed by atoms with Gasteiger partial charge in [0.2, 0.25) is 5.88 Å². The fraction of sp³-hybridized carbons (Fsp3) is 0.706. The number of nitrogens with zero attached hydrogens (tertiary/aromatic N) is 3. The van der Waals surface area contributed by atoms with Gasteiger partial charge in [-0.3, -0.25) is 0 Å². The Morgan fingerprint density at radius 2 is 2.21 bits per heavy atom. The van der Waals surface area contributed by atoms with Crippen LogP contribution in [0.1, 0.15) is 46.5 Å². The Labute approximate surface area is 148 Å². The molecular weight excluding hydrogens is 330 g/mol. The first-order valence-electron chi connectivity index (χ1n) is 8.42. The van der Waals surface area contributed by atoms with E-state index in [-0.39, 0.29) is 6.09 Å². The molecule has 0 aromatic carbocycles. The second-order valence-corrected chi connectivity index (χ2v) is 7.49.